The lowest BCUT2D eigenvalue weighted by Gasteiger charge is -2.37. The molecule has 1 aromatic rings. The number of hydrogen-bond acceptors (Lipinski definition) is 3. The molecule has 0 saturated carbocycles. The molecule has 1 heterocycles. The standard InChI is InChI=1S/C18H25NO4/c1-13(2)15(12-14-6-4-3-5-7-14)16(20)19-10-8-18(23,9-11-19)17(21)22/h3-7,13,15,23H,8-12H2,1-2H3,(H,21,22). The van der Waals surface area contributed by atoms with Crippen LogP contribution < -0.4 is 0 Å². The van der Waals surface area contributed by atoms with Crippen LogP contribution in [0.3, 0.4) is 0 Å². The van der Waals surface area contributed by atoms with E-state index in [2.05, 4.69) is 0 Å². The molecular weight excluding hydrogens is 294 g/mol. The summed E-state index contributed by atoms with van der Waals surface area (Å²) in [6, 6.07) is 9.91. The third-order valence-electron chi connectivity index (χ3n) is 4.72. The lowest BCUT2D eigenvalue weighted by Crippen LogP contribution is -2.52. The van der Waals surface area contributed by atoms with Crippen molar-refractivity contribution in [2.75, 3.05) is 13.1 Å². The van der Waals surface area contributed by atoms with Crippen molar-refractivity contribution < 1.29 is 19.8 Å². The minimum atomic E-state index is -1.69. The molecule has 0 spiro atoms. The SMILES string of the molecule is CC(C)C(Cc1ccccc1)C(=O)N1CCC(O)(C(=O)O)CC1. The van der Waals surface area contributed by atoms with Gasteiger partial charge in [-0.25, -0.2) is 4.79 Å². The molecule has 1 atom stereocenters. The third kappa shape index (κ3) is 4.10. The van der Waals surface area contributed by atoms with E-state index in [-0.39, 0.29) is 30.6 Å². The van der Waals surface area contributed by atoms with E-state index < -0.39 is 11.6 Å². The fourth-order valence-corrected chi connectivity index (χ4v) is 3.02. The predicted octanol–water partition coefficient (Wildman–Crippen LogP) is 1.94. The second-order valence-corrected chi connectivity index (χ2v) is 6.70. The number of piperidine rings is 1. The lowest BCUT2D eigenvalue weighted by molar-refractivity contribution is -0.166. The molecule has 0 aliphatic carbocycles. The van der Waals surface area contributed by atoms with Crippen molar-refractivity contribution >= 4 is 11.9 Å². The van der Waals surface area contributed by atoms with Gasteiger partial charge in [-0.1, -0.05) is 44.2 Å². The van der Waals surface area contributed by atoms with Gasteiger partial charge in [0.2, 0.25) is 5.91 Å². The van der Waals surface area contributed by atoms with Crippen molar-refractivity contribution in [3.63, 3.8) is 0 Å². The molecule has 1 fully saturated rings. The van der Waals surface area contributed by atoms with Crippen molar-refractivity contribution in [2.45, 2.75) is 38.7 Å². The highest BCUT2D eigenvalue weighted by atomic mass is 16.4. The second-order valence-electron chi connectivity index (χ2n) is 6.70. The summed E-state index contributed by atoms with van der Waals surface area (Å²) >= 11 is 0. The van der Waals surface area contributed by atoms with Gasteiger partial charge in [0.1, 0.15) is 0 Å². The average molecular weight is 319 g/mol. The highest BCUT2D eigenvalue weighted by Crippen LogP contribution is 2.26. The van der Waals surface area contributed by atoms with Gasteiger partial charge in [-0.3, -0.25) is 4.79 Å². The summed E-state index contributed by atoms with van der Waals surface area (Å²) in [6.07, 6.45) is 0.853. The number of hydrogen-bond donors (Lipinski definition) is 2. The van der Waals surface area contributed by atoms with E-state index >= 15 is 0 Å². The predicted molar refractivity (Wildman–Crippen MR) is 86.9 cm³/mol. The maximum absolute atomic E-state index is 12.8. The third-order valence-corrected chi connectivity index (χ3v) is 4.72. The van der Waals surface area contributed by atoms with E-state index in [1.165, 1.54) is 0 Å². The molecular formula is C18H25NO4. The van der Waals surface area contributed by atoms with Crippen LogP contribution in [0.5, 0.6) is 0 Å². The zero-order valence-corrected chi connectivity index (χ0v) is 13.7. The van der Waals surface area contributed by atoms with Crippen LogP contribution in [0.25, 0.3) is 0 Å². The smallest absolute Gasteiger partial charge is 0.335 e. The fraction of sp³-hybridized carbons (Fsp3) is 0.556. The van der Waals surface area contributed by atoms with Gasteiger partial charge in [-0.05, 0) is 17.9 Å². The van der Waals surface area contributed by atoms with Crippen LogP contribution in [-0.2, 0) is 16.0 Å². The number of likely N-dealkylation sites (tertiary alicyclic amines) is 1. The summed E-state index contributed by atoms with van der Waals surface area (Å²) in [7, 11) is 0. The van der Waals surface area contributed by atoms with Crippen molar-refractivity contribution in [3.05, 3.63) is 35.9 Å². The Labute approximate surface area is 136 Å². The van der Waals surface area contributed by atoms with E-state index in [4.69, 9.17) is 5.11 Å². The number of benzene rings is 1. The summed E-state index contributed by atoms with van der Waals surface area (Å²) in [5.74, 6) is -1.08. The maximum Gasteiger partial charge on any atom is 0.335 e. The Morgan fingerprint density at radius 2 is 1.74 bits per heavy atom. The van der Waals surface area contributed by atoms with Gasteiger partial charge in [0.05, 0.1) is 0 Å². The van der Waals surface area contributed by atoms with Gasteiger partial charge in [0.15, 0.2) is 5.60 Å². The minimum absolute atomic E-state index is 0.0521. The van der Waals surface area contributed by atoms with E-state index in [9.17, 15) is 14.7 Å². The van der Waals surface area contributed by atoms with E-state index in [0.717, 1.165) is 5.56 Å². The second kappa shape index (κ2) is 7.13. The van der Waals surface area contributed by atoms with Gasteiger partial charge in [-0.2, -0.15) is 0 Å². The summed E-state index contributed by atoms with van der Waals surface area (Å²) in [5, 5.41) is 19.1. The molecule has 1 unspecified atom stereocenters. The van der Waals surface area contributed by atoms with E-state index in [1.807, 2.05) is 44.2 Å². The highest BCUT2D eigenvalue weighted by Gasteiger charge is 2.41. The largest absolute Gasteiger partial charge is 0.479 e. The van der Waals surface area contributed by atoms with Gasteiger partial charge >= 0.3 is 5.97 Å². The molecule has 2 N–H and O–H groups in total. The molecule has 126 valence electrons. The monoisotopic (exact) mass is 319 g/mol. The Kier molecular flexibility index (Phi) is 5.42. The number of aliphatic carboxylic acids is 1. The number of carbonyl (C=O) groups excluding carboxylic acids is 1. The molecule has 5 heteroatoms. The van der Waals surface area contributed by atoms with E-state index in [1.54, 1.807) is 4.90 Å². The number of carboxylic acid groups (broad SMARTS) is 1. The molecule has 0 bridgehead atoms. The van der Waals surface area contributed by atoms with Crippen molar-refractivity contribution in [1.82, 2.24) is 4.90 Å². The van der Waals surface area contributed by atoms with Gasteiger partial charge in [0.25, 0.3) is 0 Å². The first-order chi connectivity index (χ1) is 10.8. The van der Waals surface area contributed by atoms with Crippen molar-refractivity contribution in [3.8, 4) is 0 Å². The first-order valence-corrected chi connectivity index (χ1v) is 8.12. The fourth-order valence-electron chi connectivity index (χ4n) is 3.02. The van der Waals surface area contributed by atoms with Crippen LogP contribution in [0.15, 0.2) is 30.3 Å². The first kappa shape index (κ1) is 17.5. The van der Waals surface area contributed by atoms with Crippen molar-refractivity contribution in [2.24, 2.45) is 11.8 Å². The Morgan fingerprint density at radius 1 is 1.17 bits per heavy atom. The molecule has 1 amide bonds. The molecule has 0 radical (unpaired) electrons. The molecule has 2 rings (SSSR count). The molecule has 1 aliphatic rings. The number of aliphatic hydroxyl groups is 1. The van der Waals surface area contributed by atoms with Crippen LogP contribution in [0.1, 0.15) is 32.3 Å². The first-order valence-electron chi connectivity index (χ1n) is 8.12. The molecule has 1 aromatic carbocycles. The number of rotatable bonds is 5. The van der Waals surface area contributed by atoms with Crippen molar-refractivity contribution in [1.29, 1.82) is 0 Å². The molecule has 1 saturated heterocycles. The molecule has 1 aliphatic heterocycles. The molecule has 0 aromatic heterocycles. The zero-order valence-electron chi connectivity index (χ0n) is 13.7. The normalized spacial score (nSPS) is 18.7. The molecule has 5 nitrogen and oxygen atoms in total. The number of nitrogens with zero attached hydrogens (tertiary/aromatic N) is 1. The van der Waals surface area contributed by atoms with Gasteiger partial charge in [0, 0.05) is 31.8 Å². The van der Waals surface area contributed by atoms with Crippen LogP contribution in [0.4, 0.5) is 0 Å². The summed E-state index contributed by atoms with van der Waals surface area (Å²) < 4.78 is 0. The minimum Gasteiger partial charge on any atom is -0.479 e. The zero-order chi connectivity index (χ0) is 17.0. The van der Waals surface area contributed by atoms with Gasteiger partial charge < -0.3 is 15.1 Å². The van der Waals surface area contributed by atoms with Crippen LogP contribution >= 0.6 is 0 Å². The Balaban J connectivity index is 2.03. The Hall–Kier alpha value is -1.88. The lowest BCUT2D eigenvalue weighted by atomic mass is 9.86. The van der Waals surface area contributed by atoms with Crippen LogP contribution in [0.2, 0.25) is 0 Å². The number of amides is 1. The van der Waals surface area contributed by atoms with Crippen LogP contribution in [-0.4, -0.2) is 45.7 Å². The average Bonchev–Trinajstić information content (AvgIpc) is 2.53. The maximum atomic E-state index is 12.8. The quantitative estimate of drug-likeness (QED) is 0.869. The summed E-state index contributed by atoms with van der Waals surface area (Å²) in [5.41, 5.74) is -0.567. The number of carbonyl (C=O) groups is 2. The highest BCUT2D eigenvalue weighted by molar-refractivity contribution is 5.81. The Bertz CT molecular complexity index is 547. The topological polar surface area (TPSA) is 77.8 Å². The van der Waals surface area contributed by atoms with Crippen LogP contribution in [0, 0.1) is 11.8 Å². The number of carboxylic acids is 1. The summed E-state index contributed by atoms with van der Waals surface area (Å²) in [6.45, 7) is 4.64. The molecule has 23 heavy (non-hydrogen) atoms. The van der Waals surface area contributed by atoms with Gasteiger partial charge in [-0.15, -0.1) is 0 Å². The summed E-state index contributed by atoms with van der Waals surface area (Å²) in [4.78, 5) is 25.6. The Morgan fingerprint density at radius 3 is 2.22 bits per heavy atom. The van der Waals surface area contributed by atoms with E-state index in [0.29, 0.717) is 19.5 Å².